The molecule has 0 aromatic heterocycles. The third-order valence-electron chi connectivity index (χ3n) is 3.74. The summed E-state index contributed by atoms with van der Waals surface area (Å²) in [5, 5.41) is 39.1. The van der Waals surface area contributed by atoms with Crippen molar-refractivity contribution in [3.63, 3.8) is 0 Å². The molecule has 6 N–H and O–H groups in total. The zero-order valence-corrected chi connectivity index (χ0v) is 13.8. The van der Waals surface area contributed by atoms with Crippen molar-refractivity contribution in [1.82, 2.24) is 4.90 Å². The van der Waals surface area contributed by atoms with E-state index in [0.717, 1.165) is 0 Å². The number of carbonyl (C=O) groups excluding carboxylic acids is 1. The van der Waals surface area contributed by atoms with Gasteiger partial charge >= 0.3 is 0 Å². The van der Waals surface area contributed by atoms with Gasteiger partial charge in [0.05, 0.1) is 33.0 Å². The zero-order chi connectivity index (χ0) is 18.1. The maximum atomic E-state index is 11.8. The molecular weight excluding hydrogens is 324 g/mol. The monoisotopic (exact) mass is 352 g/mol. The van der Waals surface area contributed by atoms with E-state index in [1.807, 2.05) is 0 Å². The number of carbonyl (C=O) groups is 1. The van der Waals surface area contributed by atoms with E-state index in [9.17, 15) is 20.1 Å². The van der Waals surface area contributed by atoms with Gasteiger partial charge in [-0.2, -0.15) is 0 Å². The predicted octanol–water partition coefficient (Wildman–Crippen LogP) is -3.37. The molecule has 1 fully saturated rings. The summed E-state index contributed by atoms with van der Waals surface area (Å²) in [6, 6.07) is -1.16. The summed E-state index contributed by atoms with van der Waals surface area (Å²) in [4.78, 5) is 13.0. The highest BCUT2D eigenvalue weighted by Crippen LogP contribution is 2.24. The van der Waals surface area contributed by atoms with Crippen LogP contribution in [0.2, 0.25) is 0 Å². The fraction of sp³-hybridized carbons (Fsp3) is 0.929. The number of amides is 1. The van der Waals surface area contributed by atoms with Gasteiger partial charge in [0.15, 0.2) is 6.29 Å². The van der Waals surface area contributed by atoms with Crippen LogP contribution in [-0.2, 0) is 19.0 Å². The standard InChI is InChI=1S/C14H28N2O8/c1-9(18)16(3-5-23-7-6-22-4-2-15)11-13(20)12(19)10(8-17)24-14(11)21/h10-14,17,19-21H,2-8,15H2,1H3/t10-,11-,12-,13-,14-/m1/s1. The first-order chi connectivity index (χ1) is 11.4. The molecular formula is C14H28N2O8. The molecule has 1 aliphatic rings. The molecule has 24 heavy (non-hydrogen) atoms. The second-order valence-electron chi connectivity index (χ2n) is 5.45. The molecule has 1 amide bonds. The van der Waals surface area contributed by atoms with Gasteiger partial charge in [0, 0.05) is 20.0 Å². The smallest absolute Gasteiger partial charge is 0.220 e. The van der Waals surface area contributed by atoms with E-state index in [1.54, 1.807) is 0 Å². The van der Waals surface area contributed by atoms with Crippen LogP contribution in [0.15, 0.2) is 0 Å². The molecule has 1 heterocycles. The Labute approximate surface area is 140 Å². The fourth-order valence-electron chi connectivity index (χ4n) is 2.50. The molecule has 0 saturated carbocycles. The third kappa shape index (κ3) is 5.90. The van der Waals surface area contributed by atoms with E-state index in [2.05, 4.69) is 0 Å². The number of aliphatic hydroxyl groups excluding tert-OH is 4. The van der Waals surface area contributed by atoms with Crippen LogP contribution >= 0.6 is 0 Å². The Morgan fingerprint density at radius 3 is 2.29 bits per heavy atom. The van der Waals surface area contributed by atoms with Crippen molar-refractivity contribution < 1.29 is 39.4 Å². The fourth-order valence-corrected chi connectivity index (χ4v) is 2.50. The van der Waals surface area contributed by atoms with Crippen LogP contribution in [0.4, 0.5) is 0 Å². The van der Waals surface area contributed by atoms with Crippen LogP contribution in [0.1, 0.15) is 6.92 Å². The maximum Gasteiger partial charge on any atom is 0.220 e. The molecule has 0 aromatic rings. The topological polar surface area (TPSA) is 155 Å². The van der Waals surface area contributed by atoms with Gasteiger partial charge in [0.25, 0.3) is 0 Å². The minimum atomic E-state index is -1.53. The van der Waals surface area contributed by atoms with Crippen molar-refractivity contribution in [2.45, 2.75) is 37.6 Å². The van der Waals surface area contributed by atoms with Gasteiger partial charge in [-0.3, -0.25) is 4.79 Å². The van der Waals surface area contributed by atoms with Crippen molar-refractivity contribution in [3.05, 3.63) is 0 Å². The van der Waals surface area contributed by atoms with E-state index in [4.69, 9.17) is 25.1 Å². The lowest BCUT2D eigenvalue weighted by Crippen LogP contribution is -2.65. The summed E-state index contributed by atoms with van der Waals surface area (Å²) in [6.07, 6.45) is -5.52. The number of nitrogens with zero attached hydrogens (tertiary/aromatic N) is 1. The lowest BCUT2D eigenvalue weighted by molar-refractivity contribution is -0.270. The average molecular weight is 352 g/mol. The number of ether oxygens (including phenoxy) is 3. The van der Waals surface area contributed by atoms with Gasteiger partial charge in [-0.15, -0.1) is 0 Å². The van der Waals surface area contributed by atoms with E-state index >= 15 is 0 Å². The summed E-state index contributed by atoms with van der Waals surface area (Å²) in [5.74, 6) is -0.417. The Morgan fingerprint density at radius 2 is 1.75 bits per heavy atom. The van der Waals surface area contributed by atoms with Crippen LogP contribution in [0.5, 0.6) is 0 Å². The Morgan fingerprint density at radius 1 is 1.12 bits per heavy atom. The summed E-state index contributed by atoms with van der Waals surface area (Å²) in [6.45, 7) is 2.49. The molecule has 1 aliphatic heterocycles. The second kappa shape index (κ2) is 10.9. The summed E-state index contributed by atoms with van der Waals surface area (Å²) < 4.78 is 15.5. The van der Waals surface area contributed by atoms with Crippen LogP contribution in [-0.4, -0.2) is 108 Å². The molecule has 0 aromatic carbocycles. The molecule has 0 bridgehead atoms. The molecule has 0 spiro atoms. The minimum absolute atomic E-state index is 0.0882. The van der Waals surface area contributed by atoms with Gasteiger partial charge in [0.1, 0.15) is 24.4 Å². The normalized spacial score (nSPS) is 30.3. The molecule has 0 unspecified atom stereocenters. The molecule has 5 atom stereocenters. The maximum absolute atomic E-state index is 11.8. The van der Waals surface area contributed by atoms with Gasteiger partial charge in [-0.1, -0.05) is 0 Å². The zero-order valence-electron chi connectivity index (χ0n) is 13.8. The van der Waals surface area contributed by atoms with Crippen LogP contribution in [0.3, 0.4) is 0 Å². The van der Waals surface area contributed by atoms with E-state index in [0.29, 0.717) is 26.4 Å². The van der Waals surface area contributed by atoms with Crippen molar-refractivity contribution in [1.29, 1.82) is 0 Å². The first-order valence-electron chi connectivity index (χ1n) is 7.87. The SMILES string of the molecule is CC(=O)N(CCOCCOCCN)[C@@H]1[C@@H](O)[C@H](O)[C@@H](CO)O[C@H]1O. The Bertz CT molecular complexity index is 373. The van der Waals surface area contributed by atoms with Crippen molar-refractivity contribution in [2.75, 3.05) is 46.1 Å². The van der Waals surface area contributed by atoms with Crippen LogP contribution in [0, 0.1) is 0 Å². The quantitative estimate of drug-likeness (QED) is 0.253. The van der Waals surface area contributed by atoms with E-state index in [-0.39, 0.29) is 13.2 Å². The highest BCUT2D eigenvalue weighted by atomic mass is 16.6. The molecule has 10 heteroatoms. The number of rotatable bonds is 10. The van der Waals surface area contributed by atoms with Crippen molar-refractivity contribution in [2.24, 2.45) is 5.73 Å². The average Bonchev–Trinajstić information content (AvgIpc) is 2.55. The summed E-state index contributed by atoms with van der Waals surface area (Å²) in [7, 11) is 0. The van der Waals surface area contributed by atoms with Crippen LogP contribution in [0.25, 0.3) is 0 Å². The first kappa shape index (κ1) is 21.2. The molecule has 0 radical (unpaired) electrons. The second-order valence-corrected chi connectivity index (χ2v) is 5.45. The van der Waals surface area contributed by atoms with Crippen LogP contribution < -0.4 is 5.73 Å². The first-order valence-corrected chi connectivity index (χ1v) is 7.87. The Hall–Kier alpha value is -0.850. The van der Waals surface area contributed by atoms with Gasteiger partial charge in [0.2, 0.25) is 5.91 Å². The Balaban J connectivity index is 2.53. The highest BCUT2D eigenvalue weighted by Gasteiger charge is 2.46. The predicted molar refractivity (Wildman–Crippen MR) is 81.8 cm³/mol. The highest BCUT2D eigenvalue weighted by molar-refractivity contribution is 5.73. The number of nitrogens with two attached hydrogens (primary N) is 1. The number of aliphatic hydroxyl groups is 4. The van der Waals surface area contributed by atoms with Crippen molar-refractivity contribution >= 4 is 5.91 Å². The van der Waals surface area contributed by atoms with Crippen molar-refractivity contribution in [3.8, 4) is 0 Å². The van der Waals surface area contributed by atoms with E-state index < -0.39 is 43.2 Å². The van der Waals surface area contributed by atoms with Gasteiger partial charge in [-0.05, 0) is 0 Å². The number of hydrogen-bond acceptors (Lipinski definition) is 9. The van der Waals surface area contributed by atoms with E-state index in [1.165, 1.54) is 11.8 Å². The molecule has 142 valence electrons. The third-order valence-corrected chi connectivity index (χ3v) is 3.74. The van der Waals surface area contributed by atoms with Gasteiger partial charge < -0.3 is 45.3 Å². The molecule has 0 aliphatic carbocycles. The lowest BCUT2D eigenvalue weighted by atomic mass is 9.95. The molecule has 10 nitrogen and oxygen atoms in total. The lowest BCUT2D eigenvalue weighted by Gasteiger charge is -2.44. The summed E-state index contributed by atoms with van der Waals surface area (Å²) in [5.41, 5.74) is 5.28. The minimum Gasteiger partial charge on any atom is -0.394 e. The number of hydrogen-bond donors (Lipinski definition) is 5. The Kier molecular flexibility index (Phi) is 9.63. The van der Waals surface area contributed by atoms with Gasteiger partial charge in [-0.25, -0.2) is 0 Å². The largest absolute Gasteiger partial charge is 0.394 e. The summed E-state index contributed by atoms with van der Waals surface area (Å²) >= 11 is 0. The molecule has 1 saturated heterocycles. The molecule has 1 rings (SSSR count).